The largest absolute Gasteiger partial charge is 0.501 e. The molecule has 2 nitrogen and oxygen atoms in total. The number of methoxy groups -OCH3 is 2. The van der Waals surface area contributed by atoms with E-state index in [1.165, 1.54) is 5.57 Å². The molecule has 0 aliphatic rings. The van der Waals surface area contributed by atoms with Crippen LogP contribution in [0.15, 0.2) is 35.3 Å². The summed E-state index contributed by atoms with van der Waals surface area (Å²) < 4.78 is 10.1. The minimum atomic E-state index is 0.792. The van der Waals surface area contributed by atoms with Gasteiger partial charge in [0.1, 0.15) is 5.76 Å². The van der Waals surface area contributed by atoms with Crippen molar-refractivity contribution in [3.8, 4) is 0 Å². The zero-order chi connectivity index (χ0) is 10.3. The molecule has 0 rings (SSSR count). The maximum Gasteiger partial charge on any atom is 0.122 e. The second-order valence-electron chi connectivity index (χ2n) is 2.98. The number of hydrogen-bond donors (Lipinski definition) is 0. The van der Waals surface area contributed by atoms with Gasteiger partial charge < -0.3 is 9.47 Å². The molecule has 0 aliphatic carbocycles. The van der Waals surface area contributed by atoms with E-state index in [0.717, 1.165) is 11.5 Å². The van der Waals surface area contributed by atoms with Crippen molar-refractivity contribution < 1.29 is 9.47 Å². The van der Waals surface area contributed by atoms with Crippen LogP contribution < -0.4 is 0 Å². The zero-order valence-electron chi connectivity index (χ0n) is 9.05. The molecule has 0 heterocycles. The van der Waals surface area contributed by atoms with E-state index < -0.39 is 0 Å². The Morgan fingerprint density at radius 2 is 1.54 bits per heavy atom. The molecule has 0 N–H and O–H groups in total. The molecule has 13 heavy (non-hydrogen) atoms. The molecule has 0 fully saturated rings. The Hall–Kier alpha value is -1.18. The SMILES string of the molecule is CO/C(C)=C/C(=C\C=C(C)C)OC. The van der Waals surface area contributed by atoms with E-state index in [4.69, 9.17) is 9.47 Å². The topological polar surface area (TPSA) is 18.5 Å². The number of ether oxygens (including phenoxy) is 2. The second kappa shape index (κ2) is 6.35. The van der Waals surface area contributed by atoms with Crippen molar-refractivity contribution in [2.75, 3.05) is 14.2 Å². The van der Waals surface area contributed by atoms with Gasteiger partial charge in [0.15, 0.2) is 0 Å². The van der Waals surface area contributed by atoms with Crippen LogP contribution in [-0.4, -0.2) is 14.2 Å². The Balaban J connectivity index is 4.52. The Morgan fingerprint density at radius 3 is 1.92 bits per heavy atom. The normalized spacial score (nSPS) is 12.4. The summed E-state index contributed by atoms with van der Waals surface area (Å²) >= 11 is 0. The van der Waals surface area contributed by atoms with Gasteiger partial charge in [-0.25, -0.2) is 0 Å². The quantitative estimate of drug-likeness (QED) is 0.491. The Bertz CT molecular complexity index is 230. The smallest absolute Gasteiger partial charge is 0.122 e. The highest BCUT2D eigenvalue weighted by Crippen LogP contribution is 2.04. The standard InChI is InChI=1S/C11H18O2/c1-9(2)6-7-11(13-5)8-10(3)12-4/h6-8H,1-5H3/b10-8+,11-7+. The van der Waals surface area contributed by atoms with Crippen molar-refractivity contribution in [1.29, 1.82) is 0 Å². The van der Waals surface area contributed by atoms with E-state index in [-0.39, 0.29) is 0 Å². The van der Waals surface area contributed by atoms with Crippen LogP contribution in [0, 0.1) is 0 Å². The summed E-state index contributed by atoms with van der Waals surface area (Å²) in [6.45, 7) is 5.96. The van der Waals surface area contributed by atoms with Crippen molar-refractivity contribution >= 4 is 0 Å². The molecule has 2 heteroatoms. The lowest BCUT2D eigenvalue weighted by Gasteiger charge is -2.02. The molecule has 0 aromatic heterocycles. The summed E-state index contributed by atoms with van der Waals surface area (Å²) in [5.74, 6) is 1.62. The van der Waals surface area contributed by atoms with Crippen molar-refractivity contribution in [1.82, 2.24) is 0 Å². The number of allylic oxidation sites excluding steroid dienone is 5. The zero-order valence-corrected chi connectivity index (χ0v) is 9.05. The van der Waals surface area contributed by atoms with Gasteiger partial charge in [0.2, 0.25) is 0 Å². The summed E-state index contributed by atoms with van der Waals surface area (Å²) in [5.41, 5.74) is 1.23. The molecule has 0 aromatic carbocycles. The first-order chi connectivity index (χ1) is 6.10. The summed E-state index contributed by atoms with van der Waals surface area (Å²) in [6, 6.07) is 0. The summed E-state index contributed by atoms with van der Waals surface area (Å²) in [7, 11) is 3.28. The van der Waals surface area contributed by atoms with Crippen molar-refractivity contribution in [2.24, 2.45) is 0 Å². The minimum absolute atomic E-state index is 0.792. The molecule has 0 amide bonds. The van der Waals surface area contributed by atoms with Crippen LogP contribution in [0.5, 0.6) is 0 Å². The molecule has 74 valence electrons. The van der Waals surface area contributed by atoms with Crippen LogP contribution >= 0.6 is 0 Å². The van der Waals surface area contributed by atoms with Crippen LogP contribution in [0.3, 0.4) is 0 Å². The predicted octanol–water partition coefficient (Wildman–Crippen LogP) is 3.03. The molecule has 0 aromatic rings. The summed E-state index contributed by atoms with van der Waals surface area (Å²) in [5, 5.41) is 0. The molecule has 0 saturated carbocycles. The van der Waals surface area contributed by atoms with Gasteiger partial charge in [0, 0.05) is 6.08 Å². The third-order valence-electron chi connectivity index (χ3n) is 1.48. The maximum absolute atomic E-state index is 5.13. The molecule has 0 spiro atoms. The van der Waals surface area contributed by atoms with E-state index >= 15 is 0 Å². The molecule has 0 saturated heterocycles. The molecule has 0 atom stereocenters. The van der Waals surface area contributed by atoms with Crippen LogP contribution in [0.2, 0.25) is 0 Å². The van der Waals surface area contributed by atoms with Gasteiger partial charge in [0.25, 0.3) is 0 Å². The molecule has 0 bridgehead atoms. The summed E-state index contributed by atoms with van der Waals surface area (Å²) in [6.07, 6.45) is 5.76. The lowest BCUT2D eigenvalue weighted by Crippen LogP contribution is -1.85. The van der Waals surface area contributed by atoms with Crippen LogP contribution in [-0.2, 0) is 9.47 Å². The van der Waals surface area contributed by atoms with Gasteiger partial charge >= 0.3 is 0 Å². The van der Waals surface area contributed by atoms with Crippen LogP contribution in [0.1, 0.15) is 20.8 Å². The minimum Gasteiger partial charge on any atom is -0.501 e. The highest BCUT2D eigenvalue weighted by molar-refractivity contribution is 5.21. The number of hydrogen-bond acceptors (Lipinski definition) is 2. The van der Waals surface area contributed by atoms with Gasteiger partial charge in [-0.3, -0.25) is 0 Å². The molecular weight excluding hydrogens is 164 g/mol. The van der Waals surface area contributed by atoms with Crippen LogP contribution in [0.25, 0.3) is 0 Å². The molecule has 0 radical (unpaired) electrons. The van der Waals surface area contributed by atoms with E-state index in [0.29, 0.717) is 0 Å². The first-order valence-electron chi connectivity index (χ1n) is 4.21. The number of rotatable bonds is 4. The van der Waals surface area contributed by atoms with E-state index in [1.807, 2.05) is 39.0 Å². The van der Waals surface area contributed by atoms with Crippen molar-refractivity contribution in [2.45, 2.75) is 20.8 Å². The van der Waals surface area contributed by atoms with Gasteiger partial charge in [-0.2, -0.15) is 0 Å². The lowest BCUT2D eigenvalue weighted by molar-refractivity contribution is 0.277. The van der Waals surface area contributed by atoms with Gasteiger partial charge in [0.05, 0.1) is 20.0 Å². The Kier molecular flexibility index (Phi) is 5.77. The Morgan fingerprint density at radius 1 is 0.923 bits per heavy atom. The van der Waals surface area contributed by atoms with E-state index in [2.05, 4.69) is 0 Å². The average molecular weight is 182 g/mol. The fourth-order valence-corrected chi connectivity index (χ4v) is 0.683. The third kappa shape index (κ3) is 6.02. The first-order valence-corrected chi connectivity index (χ1v) is 4.21. The van der Waals surface area contributed by atoms with Crippen molar-refractivity contribution in [3.05, 3.63) is 35.3 Å². The third-order valence-corrected chi connectivity index (χ3v) is 1.48. The van der Waals surface area contributed by atoms with Crippen molar-refractivity contribution in [3.63, 3.8) is 0 Å². The maximum atomic E-state index is 5.13. The van der Waals surface area contributed by atoms with Gasteiger partial charge in [-0.1, -0.05) is 11.6 Å². The predicted molar refractivity (Wildman–Crippen MR) is 55.3 cm³/mol. The molecule has 0 aliphatic heterocycles. The average Bonchev–Trinajstić information content (AvgIpc) is 2.11. The molecule has 0 unspecified atom stereocenters. The monoisotopic (exact) mass is 182 g/mol. The highest BCUT2D eigenvalue weighted by Gasteiger charge is 1.91. The first kappa shape index (κ1) is 11.8. The van der Waals surface area contributed by atoms with Gasteiger partial charge in [-0.15, -0.1) is 0 Å². The molecular formula is C11H18O2. The Labute approximate surface area is 80.5 Å². The summed E-state index contributed by atoms with van der Waals surface area (Å²) in [4.78, 5) is 0. The van der Waals surface area contributed by atoms with Crippen LogP contribution in [0.4, 0.5) is 0 Å². The van der Waals surface area contributed by atoms with E-state index in [1.54, 1.807) is 14.2 Å². The fraction of sp³-hybridized carbons (Fsp3) is 0.455. The van der Waals surface area contributed by atoms with E-state index in [9.17, 15) is 0 Å². The fourth-order valence-electron chi connectivity index (χ4n) is 0.683. The van der Waals surface area contributed by atoms with Gasteiger partial charge in [-0.05, 0) is 26.8 Å². The lowest BCUT2D eigenvalue weighted by atomic mass is 10.3. The highest BCUT2D eigenvalue weighted by atomic mass is 16.5. The second-order valence-corrected chi connectivity index (χ2v) is 2.98.